The summed E-state index contributed by atoms with van der Waals surface area (Å²) in [5.74, 6) is 0.450. The number of pyridine rings is 2. The van der Waals surface area contributed by atoms with Crippen LogP contribution in [0, 0.1) is 6.92 Å². The first-order valence-electron chi connectivity index (χ1n) is 9.00. The number of aromatic amines is 1. The van der Waals surface area contributed by atoms with Gasteiger partial charge in [0, 0.05) is 35.1 Å². The number of anilines is 1. The van der Waals surface area contributed by atoms with E-state index in [0.29, 0.717) is 5.82 Å². The summed E-state index contributed by atoms with van der Waals surface area (Å²) >= 11 is 0. The Hall–Kier alpha value is -3.74. The van der Waals surface area contributed by atoms with Gasteiger partial charge in [0.2, 0.25) is 0 Å². The van der Waals surface area contributed by atoms with Crippen molar-refractivity contribution in [2.75, 3.05) is 5.32 Å². The third-order valence-electron chi connectivity index (χ3n) is 4.51. The van der Waals surface area contributed by atoms with Crippen LogP contribution in [-0.4, -0.2) is 26.2 Å². The summed E-state index contributed by atoms with van der Waals surface area (Å²) in [7, 11) is 0. The number of carbonyl (C=O) groups excluding carboxylic acids is 1. The second-order valence-corrected chi connectivity index (χ2v) is 6.60. The van der Waals surface area contributed by atoms with Gasteiger partial charge < -0.3 is 5.32 Å². The van der Waals surface area contributed by atoms with E-state index in [1.807, 2.05) is 56.3 Å². The predicted molar refractivity (Wildman–Crippen MR) is 109 cm³/mol. The summed E-state index contributed by atoms with van der Waals surface area (Å²) in [6, 6.07) is 15.0. The number of aromatic nitrogens is 4. The molecular formula is C21H20N6O. The maximum atomic E-state index is 12.3. The van der Waals surface area contributed by atoms with Crippen LogP contribution in [0.2, 0.25) is 0 Å². The fourth-order valence-electron chi connectivity index (χ4n) is 3.07. The van der Waals surface area contributed by atoms with Gasteiger partial charge >= 0.3 is 6.03 Å². The third-order valence-corrected chi connectivity index (χ3v) is 4.51. The first-order valence-corrected chi connectivity index (χ1v) is 9.00. The molecule has 0 unspecified atom stereocenters. The number of carbonyl (C=O) groups is 1. The van der Waals surface area contributed by atoms with E-state index in [-0.39, 0.29) is 12.1 Å². The predicted octanol–water partition coefficient (Wildman–Crippen LogP) is 4.21. The van der Waals surface area contributed by atoms with Crippen molar-refractivity contribution in [2.45, 2.75) is 19.9 Å². The van der Waals surface area contributed by atoms with Crippen LogP contribution in [0.4, 0.5) is 10.6 Å². The Morgan fingerprint density at radius 3 is 2.71 bits per heavy atom. The van der Waals surface area contributed by atoms with E-state index in [2.05, 4.69) is 30.8 Å². The number of H-pyrrole nitrogens is 1. The van der Waals surface area contributed by atoms with Gasteiger partial charge in [-0.15, -0.1) is 0 Å². The van der Waals surface area contributed by atoms with Crippen molar-refractivity contribution in [2.24, 2.45) is 0 Å². The summed E-state index contributed by atoms with van der Waals surface area (Å²) in [5.41, 5.74) is 4.53. The van der Waals surface area contributed by atoms with Crippen LogP contribution in [0.25, 0.3) is 22.2 Å². The molecule has 0 aliphatic carbocycles. The largest absolute Gasteiger partial charge is 0.331 e. The molecule has 0 saturated carbocycles. The molecular weight excluding hydrogens is 352 g/mol. The lowest BCUT2D eigenvalue weighted by Crippen LogP contribution is -2.31. The summed E-state index contributed by atoms with van der Waals surface area (Å²) in [6.45, 7) is 3.87. The molecule has 7 nitrogen and oxygen atoms in total. The Labute approximate surface area is 162 Å². The molecule has 4 rings (SSSR count). The second-order valence-electron chi connectivity index (χ2n) is 6.60. The molecule has 1 atom stereocenters. The molecule has 0 radical (unpaired) electrons. The number of urea groups is 1. The SMILES string of the molecule is Cc1cc(-c2n[nH]c3cc(NC(=O)N[C@@H](C)c4ccccc4)ncc23)ccn1. The number of hydrogen-bond acceptors (Lipinski definition) is 4. The molecule has 140 valence electrons. The topological polar surface area (TPSA) is 95.6 Å². The quantitative estimate of drug-likeness (QED) is 0.500. The maximum absolute atomic E-state index is 12.3. The highest BCUT2D eigenvalue weighted by molar-refractivity contribution is 5.95. The Morgan fingerprint density at radius 1 is 1.11 bits per heavy atom. The minimum atomic E-state index is -0.312. The van der Waals surface area contributed by atoms with Gasteiger partial charge in [-0.2, -0.15) is 5.10 Å². The molecule has 0 saturated heterocycles. The van der Waals surface area contributed by atoms with Crippen molar-refractivity contribution in [3.05, 3.63) is 72.2 Å². The lowest BCUT2D eigenvalue weighted by molar-refractivity contribution is 0.249. The third kappa shape index (κ3) is 3.68. The standard InChI is InChI=1S/C21H20N6O/c1-13-10-16(8-9-22-13)20-17-12-23-19(11-18(17)26-27-20)25-21(28)24-14(2)15-6-4-3-5-7-15/h3-12,14H,1-2H3,(H,26,27)(H2,23,24,25,28)/t14-/m0/s1. The molecule has 0 bridgehead atoms. The van der Waals surface area contributed by atoms with Crippen LogP contribution in [-0.2, 0) is 0 Å². The molecule has 0 aliphatic rings. The highest BCUT2D eigenvalue weighted by Gasteiger charge is 2.13. The van der Waals surface area contributed by atoms with Gasteiger partial charge in [-0.1, -0.05) is 30.3 Å². The summed E-state index contributed by atoms with van der Waals surface area (Å²) in [6.07, 6.45) is 3.47. The number of benzene rings is 1. The zero-order valence-electron chi connectivity index (χ0n) is 15.6. The zero-order valence-corrected chi connectivity index (χ0v) is 15.6. The lowest BCUT2D eigenvalue weighted by Gasteiger charge is -2.14. The Kier molecular flexibility index (Phi) is 4.72. The highest BCUT2D eigenvalue weighted by Crippen LogP contribution is 2.27. The van der Waals surface area contributed by atoms with Crippen molar-refractivity contribution in [1.29, 1.82) is 0 Å². The average molecular weight is 372 g/mol. The van der Waals surface area contributed by atoms with Crippen LogP contribution in [0.5, 0.6) is 0 Å². The summed E-state index contributed by atoms with van der Waals surface area (Å²) < 4.78 is 0. The molecule has 0 spiro atoms. The number of nitrogens with zero attached hydrogens (tertiary/aromatic N) is 3. The molecule has 28 heavy (non-hydrogen) atoms. The van der Waals surface area contributed by atoms with Gasteiger partial charge in [0.05, 0.1) is 11.6 Å². The molecule has 4 aromatic rings. The number of hydrogen-bond donors (Lipinski definition) is 3. The first kappa shape index (κ1) is 17.7. The normalized spacial score (nSPS) is 11.9. The Balaban J connectivity index is 1.50. The van der Waals surface area contributed by atoms with Crippen LogP contribution >= 0.6 is 0 Å². The molecule has 3 N–H and O–H groups in total. The first-order chi connectivity index (χ1) is 13.6. The van der Waals surface area contributed by atoms with Gasteiger partial charge in [-0.25, -0.2) is 9.78 Å². The van der Waals surface area contributed by atoms with Crippen LogP contribution in [0.3, 0.4) is 0 Å². The van der Waals surface area contributed by atoms with E-state index in [4.69, 9.17) is 0 Å². The second kappa shape index (κ2) is 7.48. The van der Waals surface area contributed by atoms with E-state index in [9.17, 15) is 4.79 Å². The van der Waals surface area contributed by atoms with Gasteiger partial charge in [0.25, 0.3) is 0 Å². The zero-order chi connectivity index (χ0) is 19.5. The lowest BCUT2D eigenvalue weighted by atomic mass is 10.1. The van der Waals surface area contributed by atoms with E-state index in [0.717, 1.165) is 33.4 Å². The fourth-order valence-corrected chi connectivity index (χ4v) is 3.07. The Bertz CT molecular complexity index is 1120. The summed E-state index contributed by atoms with van der Waals surface area (Å²) in [4.78, 5) is 20.9. The molecule has 7 heteroatoms. The molecule has 3 aromatic heterocycles. The number of amides is 2. The highest BCUT2D eigenvalue weighted by atomic mass is 16.2. The minimum Gasteiger partial charge on any atom is -0.331 e. The molecule has 2 amide bonds. The van der Waals surface area contributed by atoms with Crippen LogP contribution in [0.15, 0.2) is 60.9 Å². The molecule has 0 aliphatic heterocycles. The number of nitrogens with one attached hydrogen (secondary N) is 3. The van der Waals surface area contributed by atoms with E-state index in [1.54, 1.807) is 18.5 Å². The fraction of sp³-hybridized carbons (Fsp3) is 0.143. The molecule has 0 fully saturated rings. The van der Waals surface area contributed by atoms with Crippen molar-refractivity contribution in [3.8, 4) is 11.3 Å². The summed E-state index contributed by atoms with van der Waals surface area (Å²) in [5, 5.41) is 14.0. The van der Waals surface area contributed by atoms with Gasteiger partial charge in [-0.05, 0) is 31.5 Å². The monoisotopic (exact) mass is 372 g/mol. The van der Waals surface area contributed by atoms with Crippen molar-refractivity contribution in [1.82, 2.24) is 25.5 Å². The van der Waals surface area contributed by atoms with E-state index in [1.165, 1.54) is 0 Å². The van der Waals surface area contributed by atoms with Crippen molar-refractivity contribution < 1.29 is 4.79 Å². The van der Waals surface area contributed by atoms with Crippen molar-refractivity contribution in [3.63, 3.8) is 0 Å². The Morgan fingerprint density at radius 2 is 1.93 bits per heavy atom. The van der Waals surface area contributed by atoms with Gasteiger partial charge in [0.1, 0.15) is 11.5 Å². The number of aryl methyl sites for hydroxylation is 1. The minimum absolute atomic E-state index is 0.112. The van der Waals surface area contributed by atoms with Crippen molar-refractivity contribution >= 4 is 22.8 Å². The molecule has 1 aromatic carbocycles. The van der Waals surface area contributed by atoms with Crippen LogP contribution < -0.4 is 10.6 Å². The van der Waals surface area contributed by atoms with Crippen LogP contribution in [0.1, 0.15) is 24.2 Å². The molecule has 3 heterocycles. The van der Waals surface area contributed by atoms with Gasteiger partial charge in [0.15, 0.2) is 0 Å². The number of rotatable bonds is 4. The van der Waals surface area contributed by atoms with Gasteiger partial charge in [-0.3, -0.25) is 15.4 Å². The smallest absolute Gasteiger partial charge is 0.320 e. The number of fused-ring (bicyclic) bond motifs is 1. The average Bonchev–Trinajstić information content (AvgIpc) is 3.12. The van der Waals surface area contributed by atoms with E-state index >= 15 is 0 Å². The van der Waals surface area contributed by atoms with E-state index < -0.39 is 0 Å². The maximum Gasteiger partial charge on any atom is 0.320 e.